The van der Waals surface area contributed by atoms with Crippen molar-refractivity contribution in [2.24, 2.45) is 17.3 Å². The molecule has 104 valence electrons. The molecule has 0 bridgehead atoms. The quantitative estimate of drug-likeness (QED) is 0.514. The van der Waals surface area contributed by atoms with Crippen molar-refractivity contribution in [1.29, 1.82) is 0 Å². The minimum atomic E-state index is -1.80. The van der Waals surface area contributed by atoms with Gasteiger partial charge in [0, 0.05) is 0 Å². The molecule has 1 rings (SSSR count). The Bertz CT molecular complexity index is 293. The minimum Gasteiger partial charge on any atom is -0.549 e. The summed E-state index contributed by atoms with van der Waals surface area (Å²) in [5.41, 5.74) is -1.80. The molecule has 0 N–H and O–H groups in total. The Labute approximate surface area is 145 Å². The van der Waals surface area contributed by atoms with E-state index in [4.69, 9.17) is 0 Å². The fourth-order valence-electron chi connectivity index (χ4n) is 3.57. The fourth-order valence-corrected chi connectivity index (χ4v) is 3.57. The van der Waals surface area contributed by atoms with E-state index in [0.717, 1.165) is 19.3 Å². The summed E-state index contributed by atoms with van der Waals surface area (Å²) in [6.45, 7) is 3.66. The molecule has 0 aromatic carbocycles. The van der Waals surface area contributed by atoms with E-state index in [2.05, 4.69) is 0 Å². The summed E-state index contributed by atoms with van der Waals surface area (Å²) in [7, 11) is 0. The van der Waals surface area contributed by atoms with Gasteiger partial charge in [0.25, 0.3) is 0 Å². The Hall–Kier alpha value is 0.200. The van der Waals surface area contributed by atoms with E-state index in [1.165, 1.54) is 0 Å². The Morgan fingerprint density at radius 3 is 1.79 bits per heavy atom. The van der Waals surface area contributed by atoms with Gasteiger partial charge in [0.15, 0.2) is 0 Å². The molecule has 5 heteroatoms. The Morgan fingerprint density at radius 1 is 1.05 bits per heavy atom. The van der Waals surface area contributed by atoms with Crippen LogP contribution in [-0.4, -0.2) is 49.7 Å². The van der Waals surface area contributed by atoms with Crippen LogP contribution < -0.4 is 10.2 Å². The maximum atomic E-state index is 11.6. The predicted octanol–water partition coefficient (Wildman–Crippen LogP) is 0.108. The van der Waals surface area contributed by atoms with Gasteiger partial charge in [-0.1, -0.05) is 46.0 Å². The van der Waals surface area contributed by atoms with Crippen LogP contribution in [-0.2, 0) is 9.59 Å². The van der Waals surface area contributed by atoms with Crippen molar-refractivity contribution in [3.8, 4) is 0 Å². The van der Waals surface area contributed by atoms with E-state index in [1.54, 1.807) is 0 Å². The molecular weight excluding hydrogens is 272 g/mol. The van der Waals surface area contributed by atoms with Gasteiger partial charge in [-0.25, -0.2) is 0 Å². The van der Waals surface area contributed by atoms with Gasteiger partial charge in [-0.15, -0.1) is 0 Å². The van der Waals surface area contributed by atoms with Crippen LogP contribution in [0.5, 0.6) is 0 Å². The summed E-state index contributed by atoms with van der Waals surface area (Å²) < 4.78 is 0. The maximum absolute atomic E-state index is 11.6. The Kier molecular flexibility index (Phi) is 8.57. The number of hydrogen-bond donors (Lipinski definition) is 0. The third-order valence-electron chi connectivity index (χ3n) is 4.55. The van der Waals surface area contributed by atoms with E-state index in [-0.39, 0.29) is 43.7 Å². The van der Waals surface area contributed by atoms with Gasteiger partial charge in [0.2, 0.25) is 0 Å². The summed E-state index contributed by atoms with van der Waals surface area (Å²) in [5, 5.41) is 23.2. The molecule has 0 saturated heterocycles. The molecular formula is C14H22CaO4. The van der Waals surface area contributed by atoms with Crippen molar-refractivity contribution >= 4 is 49.7 Å². The summed E-state index contributed by atoms with van der Waals surface area (Å²) in [6, 6.07) is 0. The van der Waals surface area contributed by atoms with E-state index >= 15 is 0 Å². The second kappa shape index (κ2) is 8.48. The Morgan fingerprint density at radius 2 is 1.47 bits per heavy atom. The average Bonchev–Trinajstić information content (AvgIpc) is 2.35. The van der Waals surface area contributed by atoms with Crippen molar-refractivity contribution in [3.63, 3.8) is 0 Å². The molecule has 0 heterocycles. The van der Waals surface area contributed by atoms with E-state index in [1.807, 2.05) is 13.8 Å². The Balaban J connectivity index is 0.00000324. The van der Waals surface area contributed by atoms with Crippen molar-refractivity contribution in [2.75, 3.05) is 0 Å². The molecule has 0 aromatic heterocycles. The summed E-state index contributed by atoms with van der Waals surface area (Å²) in [4.78, 5) is 23.2. The number of carboxylic acids is 2. The predicted molar refractivity (Wildman–Crippen MR) is 68.8 cm³/mol. The van der Waals surface area contributed by atoms with Crippen molar-refractivity contribution in [3.05, 3.63) is 0 Å². The second-order valence-electron chi connectivity index (χ2n) is 5.29. The molecule has 0 unspecified atom stereocenters. The average molecular weight is 294 g/mol. The van der Waals surface area contributed by atoms with Crippen molar-refractivity contribution in [2.45, 2.75) is 58.8 Å². The zero-order valence-corrected chi connectivity index (χ0v) is 14.2. The van der Waals surface area contributed by atoms with Gasteiger partial charge in [0.1, 0.15) is 0 Å². The molecule has 0 spiro atoms. The topological polar surface area (TPSA) is 80.3 Å². The molecule has 0 atom stereocenters. The van der Waals surface area contributed by atoms with Gasteiger partial charge < -0.3 is 19.8 Å². The van der Waals surface area contributed by atoms with Crippen molar-refractivity contribution in [1.82, 2.24) is 0 Å². The van der Waals surface area contributed by atoms with E-state index in [0.29, 0.717) is 25.7 Å². The van der Waals surface area contributed by atoms with Crippen LogP contribution >= 0.6 is 0 Å². The van der Waals surface area contributed by atoms with Crippen LogP contribution in [0.1, 0.15) is 58.8 Å². The molecule has 0 radical (unpaired) electrons. The number of carbonyl (C=O) groups excluding carboxylic acids is 2. The third-order valence-corrected chi connectivity index (χ3v) is 4.55. The molecule has 0 aliphatic heterocycles. The summed E-state index contributed by atoms with van der Waals surface area (Å²) in [5.74, 6) is -3.66. The van der Waals surface area contributed by atoms with Crippen LogP contribution in [0, 0.1) is 17.3 Å². The second-order valence-corrected chi connectivity index (χ2v) is 5.29. The molecule has 0 aromatic rings. The molecule has 0 amide bonds. The number of aliphatic carboxylic acids is 2. The molecule has 19 heavy (non-hydrogen) atoms. The van der Waals surface area contributed by atoms with E-state index in [9.17, 15) is 19.8 Å². The van der Waals surface area contributed by atoms with Gasteiger partial charge in [-0.05, 0) is 24.7 Å². The first-order valence-electron chi connectivity index (χ1n) is 6.94. The first kappa shape index (κ1) is 19.2. The normalized spacial score (nSPS) is 17.0. The van der Waals surface area contributed by atoms with Gasteiger partial charge in [0.05, 0.1) is 17.4 Å². The van der Waals surface area contributed by atoms with Gasteiger partial charge >= 0.3 is 37.7 Å². The van der Waals surface area contributed by atoms with Gasteiger partial charge in [-0.2, -0.15) is 0 Å². The maximum Gasteiger partial charge on any atom is 2.00 e. The van der Waals surface area contributed by atoms with Crippen molar-refractivity contribution < 1.29 is 19.8 Å². The SMILES string of the molecule is CCC(CC)C(C(=O)[O-])(C(=O)[O-])C1CCCCC1.[Ca+2]. The number of carbonyl (C=O) groups is 2. The summed E-state index contributed by atoms with van der Waals surface area (Å²) >= 11 is 0. The molecule has 1 saturated carbocycles. The number of carboxylic acid groups (broad SMARTS) is 2. The van der Waals surface area contributed by atoms with Crippen LogP contribution in [0.2, 0.25) is 0 Å². The fraction of sp³-hybridized carbons (Fsp3) is 0.857. The molecule has 1 fully saturated rings. The van der Waals surface area contributed by atoms with Gasteiger partial charge in [-0.3, -0.25) is 0 Å². The van der Waals surface area contributed by atoms with Crippen LogP contribution in [0.25, 0.3) is 0 Å². The largest absolute Gasteiger partial charge is 2.00 e. The monoisotopic (exact) mass is 294 g/mol. The third kappa shape index (κ3) is 3.64. The van der Waals surface area contributed by atoms with Crippen LogP contribution in [0.3, 0.4) is 0 Å². The van der Waals surface area contributed by atoms with Crippen LogP contribution in [0.4, 0.5) is 0 Å². The number of hydrogen-bond acceptors (Lipinski definition) is 4. The molecule has 4 nitrogen and oxygen atoms in total. The smallest absolute Gasteiger partial charge is 0.549 e. The summed E-state index contributed by atoms with van der Waals surface area (Å²) in [6.07, 6.45) is 5.19. The molecule has 1 aliphatic rings. The minimum absolute atomic E-state index is 0. The molecule has 1 aliphatic carbocycles. The first-order valence-corrected chi connectivity index (χ1v) is 6.94. The first-order chi connectivity index (χ1) is 8.51. The zero-order chi connectivity index (χ0) is 13.8. The zero-order valence-electron chi connectivity index (χ0n) is 11.9. The number of rotatable bonds is 6. The standard InChI is InChI=1S/C14H24O4.Ca/c1-3-10(4-2)14(12(15)16,13(17)18)11-8-6-5-7-9-11;/h10-11H,3-9H2,1-2H3,(H,15,16)(H,17,18);/q;+2/p-2. The van der Waals surface area contributed by atoms with Crippen LogP contribution in [0.15, 0.2) is 0 Å². The van der Waals surface area contributed by atoms with E-state index < -0.39 is 23.3 Å².